The molecule has 1 heterocycles. The summed E-state index contributed by atoms with van der Waals surface area (Å²) in [6, 6.07) is 4.67. The van der Waals surface area contributed by atoms with Crippen LogP contribution in [0.2, 0.25) is 0 Å². The molecule has 6 heteroatoms. The van der Waals surface area contributed by atoms with Crippen molar-refractivity contribution in [1.29, 1.82) is 0 Å². The number of nitrogens with zero attached hydrogens (tertiary/aromatic N) is 1. The Morgan fingerprint density at radius 3 is 3.10 bits per heavy atom. The Hall–Kier alpha value is -1.66. The lowest BCUT2D eigenvalue weighted by molar-refractivity contribution is 0.0130. The van der Waals surface area contributed by atoms with Crippen LogP contribution >= 0.6 is 0 Å². The van der Waals surface area contributed by atoms with E-state index in [0.717, 1.165) is 25.0 Å². The topological polar surface area (TPSA) is 79.9 Å². The summed E-state index contributed by atoms with van der Waals surface area (Å²) in [5.41, 5.74) is 6.80. The first-order chi connectivity index (χ1) is 9.60. The van der Waals surface area contributed by atoms with E-state index in [1.807, 2.05) is 6.92 Å². The lowest BCUT2D eigenvalue weighted by Gasteiger charge is -2.28. The fourth-order valence-corrected chi connectivity index (χ4v) is 2.43. The summed E-state index contributed by atoms with van der Waals surface area (Å²) in [7, 11) is 0. The number of hydrogen-bond donors (Lipinski definition) is 3. The van der Waals surface area contributed by atoms with E-state index in [9.17, 15) is 4.39 Å². The van der Waals surface area contributed by atoms with E-state index in [-0.39, 0.29) is 11.9 Å². The third-order valence-corrected chi connectivity index (χ3v) is 3.52. The van der Waals surface area contributed by atoms with Gasteiger partial charge in [0.05, 0.1) is 6.10 Å². The van der Waals surface area contributed by atoms with Gasteiger partial charge in [0, 0.05) is 24.8 Å². The second-order valence-electron chi connectivity index (χ2n) is 5.07. The minimum absolute atomic E-state index is 0.0818. The predicted octanol–water partition coefficient (Wildman–Crippen LogP) is 1.58. The van der Waals surface area contributed by atoms with Crippen LogP contribution in [0, 0.1) is 5.82 Å². The highest BCUT2D eigenvalue weighted by Gasteiger charge is 2.19. The molecule has 1 aliphatic rings. The maximum absolute atomic E-state index is 13.3. The summed E-state index contributed by atoms with van der Waals surface area (Å²) in [5, 5.41) is 15.1. The molecule has 0 aliphatic carbocycles. The fourth-order valence-electron chi connectivity index (χ4n) is 2.43. The first-order valence-electron chi connectivity index (χ1n) is 6.71. The van der Waals surface area contributed by atoms with E-state index < -0.39 is 5.82 Å². The molecule has 0 aromatic heterocycles. The normalized spacial score (nSPS) is 23.8. The van der Waals surface area contributed by atoms with Gasteiger partial charge in [0.15, 0.2) is 5.84 Å². The number of nitrogens with one attached hydrogen (secondary N) is 1. The molecule has 2 atom stereocenters. The predicted molar refractivity (Wildman–Crippen MR) is 74.2 cm³/mol. The molecule has 0 bridgehead atoms. The molecule has 0 radical (unpaired) electrons. The van der Waals surface area contributed by atoms with Gasteiger partial charge in [0.1, 0.15) is 5.82 Å². The lowest BCUT2D eigenvalue weighted by atomic mass is 10.0. The van der Waals surface area contributed by atoms with E-state index >= 15 is 0 Å². The van der Waals surface area contributed by atoms with Crippen LogP contribution in [0.15, 0.2) is 23.4 Å². The molecule has 1 aliphatic heterocycles. The van der Waals surface area contributed by atoms with Gasteiger partial charge in [-0.25, -0.2) is 4.39 Å². The summed E-state index contributed by atoms with van der Waals surface area (Å²) in [6.07, 6.45) is 2.14. The molecule has 1 saturated heterocycles. The largest absolute Gasteiger partial charge is 0.409 e. The van der Waals surface area contributed by atoms with E-state index in [1.165, 1.54) is 12.1 Å². The number of amidine groups is 1. The number of rotatable bonds is 4. The molecule has 1 fully saturated rings. The van der Waals surface area contributed by atoms with Gasteiger partial charge in [-0.05, 0) is 37.5 Å². The maximum atomic E-state index is 13.3. The zero-order valence-electron chi connectivity index (χ0n) is 11.5. The van der Waals surface area contributed by atoms with Crippen LogP contribution < -0.4 is 11.1 Å². The molecule has 0 saturated carbocycles. The Kier molecular flexibility index (Phi) is 4.92. The zero-order valence-corrected chi connectivity index (χ0v) is 11.5. The highest BCUT2D eigenvalue weighted by molar-refractivity contribution is 5.98. The quantitative estimate of drug-likeness (QED) is 0.339. The molecule has 2 unspecified atom stereocenters. The number of benzene rings is 1. The van der Waals surface area contributed by atoms with Crippen molar-refractivity contribution in [3.8, 4) is 0 Å². The molecule has 20 heavy (non-hydrogen) atoms. The Bertz CT molecular complexity index is 493. The standard InChI is InChI=1S/C14H20FN3O2/c1-9-6-12(4-5-20-9)17-8-10-2-3-11(15)7-13(10)14(16)18-19/h2-3,7,9,12,17,19H,4-6,8H2,1H3,(H2,16,18). The van der Waals surface area contributed by atoms with Crippen molar-refractivity contribution in [2.45, 2.75) is 38.5 Å². The van der Waals surface area contributed by atoms with Gasteiger partial charge in [-0.3, -0.25) is 0 Å². The second-order valence-corrected chi connectivity index (χ2v) is 5.07. The lowest BCUT2D eigenvalue weighted by Crippen LogP contribution is -2.38. The SMILES string of the molecule is CC1CC(NCc2ccc(F)cc2/C(N)=N/O)CCO1. The van der Waals surface area contributed by atoms with Crippen LogP contribution in [0.3, 0.4) is 0 Å². The van der Waals surface area contributed by atoms with Gasteiger partial charge >= 0.3 is 0 Å². The van der Waals surface area contributed by atoms with Gasteiger partial charge in [-0.2, -0.15) is 0 Å². The molecular weight excluding hydrogens is 261 g/mol. The van der Waals surface area contributed by atoms with E-state index in [0.29, 0.717) is 18.2 Å². The smallest absolute Gasteiger partial charge is 0.170 e. The van der Waals surface area contributed by atoms with E-state index in [2.05, 4.69) is 10.5 Å². The van der Waals surface area contributed by atoms with Crippen molar-refractivity contribution in [1.82, 2.24) is 5.32 Å². The zero-order chi connectivity index (χ0) is 14.5. The van der Waals surface area contributed by atoms with Crippen LogP contribution in [-0.2, 0) is 11.3 Å². The highest BCUT2D eigenvalue weighted by atomic mass is 19.1. The summed E-state index contributed by atoms with van der Waals surface area (Å²) in [4.78, 5) is 0. The first-order valence-corrected chi connectivity index (χ1v) is 6.71. The number of hydrogen-bond acceptors (Lipinski definition) is 4. The van der Waals surface area contributed by atoms with Crippen molar-refractivity contribution in [3.63, 3.8) is 0 Å². The van der Waals surface area contributed by atoms with Crippen molar-refractivity contribution in [2.75, 3.05) is 6.61 Å². The Labute approximate surface area is 117 Å². The van der Waals surface area contributed by atoms with Crippen LogP contribution in [0.1, 0.15) is 30.9 Å². The van der Waals surface area contributed by atoms with Crippen molar-refractivity contribution >= 4 is 5.84 Å². The van der Waals surface area contributed by atoms with E-state index in [4.69, 9.17) is 15.7 Å². The summed E-state index contributed by atoms with van der Waals surface area (Å²) in [6.45, 7) is 3.34. The van der Waals surface area contributed by atoms with E-state index in [1.54, 1.807) is 6.07 Å². The van der Waals surface area contributed by atoms with Crippen molar-refractivity contribution < 1.29 is 14.3 Å². The monoisotopic (exact) mass is 281 g/mol. The molecule has 0 amide bonds. The van der Waals surface area contributed by atoms with Crippen molar-refractivity contribution in [3.05, 3.63) is 35.1 Å². The van der Waals surface area contributed by atoms with Gasteiger partial charge in [0.2, 0.25) is 0 Å². The molecular formula is C14H20FN3O2. The summed E-state index contributed by atoms with van der Waals surface area (Å²) < 4.78 is 18.8. The van der Waals surface area contributed by atoms with Crippen LogP contribution in [0.25, 0.3) is 0 Å². The fraction of sp³-hybridized carbons (Fsp3) is 0.500. The van der Waals surface area contributed by atoms with Gasteiger partial charge < -0.3 is 21.0 Å². The second kappa shape index (κ2) is 6.67. The van der Waals surface area contributed by atoms with Crippen molar-refractivity contribution in [2.24, 2.45) is 10.9 Å². The van der Waals surface area contributed by atoms with Crippen LogP contribution in [0.5, 0.6) is 0 Å². The first kappa shape index (κ1) is 14.7. The highest BCUT2D eigenvalue weighted by Crippen LogP contribution is 2.16. The molecule has 5 nitrogen and oxygen atoms in total. The number of ether oxygens (including phenoxy) is 1. The Balaban J connectivity index is 2.05. The van der Waals surface area contributed by atoms with Crippen LogP contribution in [0.4, 0.5) is 4.39 Å². The Morgan fingerprint density at radius 2 is 2.40 bits per heavy atom. The molecule has 2 rings (SSSR count). The molecule has 0 spiro atoms. The third kappa shape index (κ3) is 3.68. The van der Waals surface area contributed by atoms with Gasteiger partial charge in [0.25, 0.3) is 0 Å². The van der Waals surface area contributed by atoms with Gasteiger partial charge in [-0.1, -0.05) is 11.2 Å². The maximum Gasteiger partial charge on any atom is 0.170 e. The number of halogens is 1. The minimum atomic E-state index is -0.407. The third-order valence-electron chi connectivity index (χ3n) is 3.52. The molecule has 1 aromatic rings. The molecule has 110 valence electrons. The average Bonchev–Trinajstić information content (AvgIpc) is 2.45. The van der Waals surface area contributed by atoms with Gasteiger partial charge in [-0.15, -0.1) is 0 Å². The minimum Gasteiger partial charge on any atom is -0.409 e. The molecule has 1 aromatic carbocycles. The summed E-state index contributed by atoms with van der Waals surface area (Å²) in [5.74, 6) is -0.489. The Morgan fingerprint density at radius 1 is 1.60 bits per heavy atom. The van der Waals surface area contributed by atoms with Crippen LogP contribution in [-0.4, -0.2) is 29.8 Å². The molecule has 4 N–H and O–H groups in total. The average molecular weight is 281 g/mol. The number of nitrogens with two attached hydrogens (primary N) is 1. The summed E-state index contributed by atoms with van der Waals surface area (Å²) >= 11 is 0. The number of oxime groups is 1.